The van der Waals surface area contributed by atoms with Crippen LogP contribution in [0.5, 0.6) is 0 Å². The van der Waals surface area contributed by atoms with Gasteiger partial charge in [0.05, 0.1) is 11.8 Å². The van der Waals surface area contributed by atoms with E-state index in [4.69, 9.17) is 9.47 Å². The molecule has 0 aliphatic heterocycles. The van der Waals surface area contributed by atoms with Gasteiger partial charge in [0.2, 0.25) is 0 Å². The molecule has 3 saturated carbocycles. The number of rotatable bonds is 13. The van der Waals surface area contributed by atoms with E-state index in [-0.39, 0.29) is 30.4 Å². The van der Waals surface area contributed by atoms with Gasteiger partial charge < -0.3 is 9.47 Å². The molecule has 3 aliphatic rings. The maximum Gasteiger partial charge on any atom is 0.309 e. The molecular formula is C35H62O4. The minimum absolute atomic E-state index is 0.0261. The van der Waals surface area contributed by atoms with Crippen molar-refractivity contribution in [1.29, 1.82) is 0 Å². The molecular weight excluding hydrogens is 484 g/mol. The molecule has 0 aromatic carbocycles. The molecule has 3 rings (SSSR count). The maximum atomic E-state index is 13.2. The van der Waals surface area contributed by atoms with Crippen molar-refractivity contribution in [2.24, 2.45) is 47.3 Å². The van der Waals surface area contributed by atoms with Gasteiger partial charge in [-0.2, -0.15) is 0 Å². The second kappa shape index (κ2) is 15.8. The predicted octanol–water partition coefficient (Wildman–Crippen LogP) is 9.53. The average Bonchev–Trinajstić information content (AvgIpc) is 2.94. The summed E-state index contributed by atoms with van der Waals surface area (Å²) < 4.78 is 12.2. The van der Waals surface area contributed by atoms with Gasteiger partial charge in [-0.05, 0) is 113 Å². The van der Waals surface area contributed by atoms with Crippen molar-refractivity contribution >= 4 is 11.9 Å². The van der Waals surface area contributed by atoms with E-state index >= 15 is 0 Å². The van der Waals surface area contributed by atoms with Gasteiger partial charge in [-0.1, -0.05) is 73.6 Å². The van der Waals surface area contributed by atoms with E-state index in [1.54, 1.807) is 0 Å². The molecule has 0 amide bonds. The first-order valence-corrected chi connectivity index (χ1v) is 17.0. The van der Waals surface area contributed by atoms with Crippen LogP contribution in [0.2, 0.25) is 0 Å². The second-order valence-electron chi connectivity index (χ2n) is 14.8. The van der Waals surface area contributed by atoms with Crippen LogP contribution in [0.15, 0.2) is 0 Å². The molecule has 4 heteroatoms. The van der Waals surface area contributed by atoms with Crippen LogP contribution in [0.3, 0.4) is 0 Å². The van der Waals surface area contributed by atoms with Crippen molar-refractivity contribution in [3.05, 3.63) is 0 Å². The van der Waals surface area contributed by atoms with Crippen molar-refractivity contribution in [3.8, 4) is 0 Å². The van der Waals surface area contributed by atoms with Gasteiger partial charge in [-0.3, -0.25) is 9.59 Å². The first kappa shape index (κ1) is 32.5. The summed E-state index contributed by atoms with van der Waals surface area (Å²) in [7, 11) is 0. The molecule has 0 aromatic rings. The molecule has 0 radical (unpaired) electrons. The van der Waals surface area contributed by atoms with E-state index in [2.05, 4.69) is 34.6 Å². The standard InChI is InChI=1S/C35H62O4/c1-25(2)10-13-27(4)28(5)14-15-29(6)33(36)39-35(22-8-7-9-23-35)24-38-34(37)32-20-18-31(19-21-32)30-16-11-26(3)12-17-30/h25-32H,7-24H2,1-6H3. The fraction of sp³-hybridized carbons (Fsp3) is 0.943. The van der Waals surface area contributed by atoms with Crippen LogP contribution in [0, 0.1) is 47.3 Å². The summed E-state index contributed by atoms with van der Waals surface area (Å²) in [5.41, 5.74) is -0.620. The second-order valence-corrected chi connectivity index (χ2v) is 14.8. The van der Waals surface area contributed by atoms with Gasteiger partial charge in [-0.25, -0.2) is 0 Å². The molecule has 4 nitrogen and oxygen atoms in total. The minimum atomic E-state index is -0.620. The van der Waals surface area contributed by atoms with Crippen molar-refractivity contribution in [3.63, 3.8) is 0 Å². The van der Waals surface area contributed by atoms with Gasteiger partial charge in [0, 0.05) is 0 Å². The number of carbonyl (C=O) groups is 2. The molecule has 0 heterocycles. The van der Waals surface area contributed by atoms with E-state index in [0.29, 0.717) is 11.8 Å². The van der Waals surface area contributed by atoms with E-state index in [0.717, 1.165) is 75.0 Å². The van der Waals surface area contributed by atoms with Gasteiger partial charge >= 0.3 is 11.9 Å². The molecule has 0 spiro atoms. The van der Waals surface area contributed by atoms with E-state index < -0.39 is 5.60 Å². The van der Waals surface area contributed by atoms with Crippen LogP contribution >= 0.6 is 0 Å². The Morgan fingerprint density at radius 2 is 1.26 bits per heavy atom. The summed E-state index contributed by atoms with van der Waals surface area (Å²) in [6.07, 6.45) is 19.1. The molecule has 3 fully saturated rings. The monoisotopic (exact) mass is 546 g/mol. The van der Waals surface area contributed by atoms with Gasteiger partial charge in [0.1, 0.15) is 12.2 Å². The SMILES string of the molecule is CC(C)CCC(C)C(C)CCC(C)C(=O)OC1(COC(=O)C2CCC(C3CCC(C)CC3)CC2)CCCCC1. The number of carbonyl (C=O) groups excluding carboxylic acids is 2. The molecule has 39 heavy (non-hydrogen) atoms. The topological polar surface area (TPSA) is 52.6 Å². The zero-order chi connectivity index (χ0) is 28.4. The number of hydrogen-bond acceptors (Lipinski definition) is 4. The third-order valence-electron chi connectivity index (χ3n) is 11.0. The van der Waals surface area contributed by atoms with E-state index in [1.807, 2.05) is 6.92 Å². The Morgan fingerprint density at radius 3 is 1.82 bits per heavy atom. The largest absolute Gasteiger partial charge is 0.461 e. The smallest absolute Gasteiger partial charge is 0.309 e. The third-order valence-corrected chi connectivity index (χ3v) is 11.0. The zero-order valence-electron chi connectivity index (χ0n) is 26.5. The third kappa shape index (κ3) is 10.4. The zero-order valence-corrected chi connectivity index (χ0v) is 26.5. The lowest BCUT2D eigenvalue weighted by Gasteiger charge is -2.38. The summed E-state index contributed by atoms with van der Waals surface area (Å²) in [6, 6.07) is 0. The Bertz CT molecular complexity index is 723. The first-order valence-electron chi connectivity index (χ1n) is 17.0. The summed E-state index contributed by atoms with van der Waals surface area (Å²) in [6.45, 7) is 13.9. The fourth-order valence-corrected chi connectivity index (χ4v) is 7.49. The summed E-state index contributed by atoms with van der Waals surface area (Å²) in [5.74, 6) is 4.36. The van der Waals surface area contributed by atoms with E-state index in [9.17, 15) is 9.59 Å². The van der Waals surface area contributed by atoms with Crippen LogP contribution in [0.25, 0.3) is 0 Å². The Balaban J connectivity index is 1.43. The Kier molecular flexibility index (Phi) is 13.2. The molecule has 3 atom stereocenters. The van der Waals surface area contributed by atoms with Gasteiger partial charge in [-0.15, -0.1) is 0 Å². The highest BCUT2D eigenvalue weighted by Crippen LogP contribution is 2.42. The normalized spacial score (nSPS) is 29.8. The predicted molar refractivity (Wildman–Crippen MR) is 160 cm³/mol. The highest BCUT2D eigenvalue weighted by atomic mass is 16.6. The highest BCUT2D eigenvalue weighted by molar-refractivity contribution is 5.73. The van der Waals surface area contributed by atoms with Crippen molar-refractivity contribution in [2.45, 2.75) is 156 Å². The van der Waals surface area contributed by atoms with Gasteiger partial charge in [0.25, 0.3) is 0 Å². The van der Waals surface area contributed by atoms with Crippen LogP contribution < -0.4 is 0 Å². The molecule has 0 aromatic heterocycles. The molecule has 226 valence electrons. The lowest BCUT2D eigenvalue weighted by molar-refractivity contribution is -0.183. The Labute approximate surface area is 241 Å². The first-order chi connectivity index (χ1) is 18.6. The number of hydrogen-bond donors (Lipinski definition) is 0. The summed E-state index contributed by atoms with van der Waals surface area (Å²) >= 11 is 0. The lowest BCUT2D eigenvalue weighted by Crippen LogP contribution is -2.44. The van der Waals surface area contributed by atoms with E-state index in [1.165, 1.54) is 57.8 Å². The molecule has 0 saturated heterocycles. The molecule has 3 unspecified atom stereocenters. The summed E-state index contributed by atoms with van der Waals surface area (Å²) in [5, 5.41) is 0. The van der Waals surface area contributed by atoms with Crippen molar-refractivity contribution in [2.75, 3.05) is 6.61 Å². The van der Waals surface area contributed by atoms with Crippen LogP contribution in [-0.4, -0.2) is 24.1 Å². The van der Waals surface area contributed by atoms with Crippen LogP contribution in [-0.2, 0) is 19.1 Å². The van der Waals surface area contributed by atoms with Gasteiger partial charge in [0.15, 0.2) is 0 Å². The quantitative estimate of drug-likeness (QED) is 0.216. The maximum absolute atomic E-state index is 13.2. The molecule has 0 N–H and O–H groups in total. The minimum Gasteiger partial charge on any atom is -0.461 e. The van der Waals surface area contributed by atoms with Crippen molar-refractivity contribution < 1.29 is 19.1 Å². The number of esters is 2. The average molecular weight is 547 g/mol. The lowest BCUT2D eigenvalue weighted by atomic mass is 9.69. The fourth-order valence-electron chi connectivity index (χ4n) is 7.49. The van der Waals surface area contributed by atoms with Crippen LogP contribution in [0.4, 0.5) is 0 Å². The highest BCUT2D eigenvalue weighted by Gasteiger charge is 2.40. The summed E-state index contributed by atoms with van der Waals surface area (Å²) in [4.78, 5) is 26.3. The Morgan fingerprint density at radius 1 is 0.718 bits per heavy atom. The Hall–Kier alpha value is -1.06. The number of ether oxygens (including phenoxy) is 2. The molecule has 3 aliphatic carbocycles. The van der Waals surface area contributed by atoms with Crippen LogP contribution in [0.1, 0.15) is 151 Å². The molecule has 0 bridgehead atoms. The van der Waals surface area contributed by atoms with Crippen molar-refractivity contribution in [1.82, 2.24) is 0 Å².